The molecule has 0 saturated carbocycles. The number of thiazole rings is 1. The summed E-state index contributed by atoms with van der Waals surface area (Å²) in [5.74, 6) is 5.65. The van der Waals surface area contributed by atoms with E-state index in [-0.39, 0.29) is 6.04 Å². The molecule has 17 heavy (non-hydrogen) atoms. The maximum atomic E-state index is 5.65. The average Bonchev–Trinajstić information content (AvgIpc) is 2.90. The van der Waals surface area contributed by atoms with Crippen molar-refractivity contribution in [2.45, 2.75) is 32.7 Å². The van der Waals surface area contributed by atoms with Crippen LogP contribution in [0.2, 0.25) is 0 Å². The highest BCUT2D eigenvalue weighted by Gasteiger charge is 2.16. The van der Waals surface area contributed by atoms with E-state index in [9.17, 15) is 0 Å². The third-order valence-electron chi connectivity index (χ3n) is 2.72. The summed E-state index contributed by atoms with van der Waals surface area (Å²) in [5, 5.41) is 3.22. The number of nitrogens with two attached hydrogens (primary N) is 1. The van der Waals surface area contributed by atoms with Gasteiger partial charge in [-0.25, -0.2) is 4.98 Å². The van der Waals surface area contributed by atoms with Gasteiger partial charge in [-0.05, 0) is 38.1 Å². The molecule has 0 aromatic carbocycles. The van der Waals surface area contributed by atoms with Crippen molar-refractivity contribution in [2.75, 3.05) is 0 Å². The highest BCUT2D eigenvalue weighted by atomic mass is 32.1. The van der Waals surface area contributed by atoms with Gasteiger partial charge < -0.3 is 0 Å². The van der Waals surface area contributed by atoms with E-state index >= 15 is 0 Å². The average molecular weight is 267 g/mol. The third kappa shape index (κ3) is 3.13. The summed E-state index contributed by atoms with van der Waals surface area (Å²) in [6.07, 6.45) is 2.07. The Morgan fingerprint density at radius 1 is 1.47 bits per heavy atom. The summed E-state index contributed by atoms with van der Waals surface area (Å²) in [4.78, 5) is 7.12. The molecule has 2 heterocycles. The second-order valence-corrected chi connectivity index (χ2v) is 6.29. The van der Waals surface area contributed by atoms with Crippen molar-refractivity contribution in [1.29, 1.82) is 0 Å². The molecule has 3 nitrogen and oxygen atoms in total. The zero-order valence-electron chi connectivity index (χ0n) is 10.1. The lowest BCUT2D eigenvalue weighted by Crippen LogP contribution is -2.28. The van der Waals surface area contributed by atoms with E-state index in [2.05, 4.69) is 27.9 Å². The van der Waals surface area contributed by atoms with Crippen molar-refractivity contribution in [2.24, 2.45) is 5.84 Å². The molecule has 2 aromatic heterocycles. The summed E-state index contributed by atoms with van der Waals surface area (Å²) in [5.41, 5.74) is 4.01. The lowest BCUT2D eigenvalue weighted by atomic mass is 10.1. The highest BCUT2D eigenvalue weighted by molar-refractivity contribution is 7.11. The first-order valence-corrected chi connectivity index (χ1v) is 7.32. The van der Waals surface area contributed by atoms with Crippen LogP contribution in [0.3, 0.4) is 0 Å². The minimum Gasteiger partial charge on any atom is -0.271 e. The van der Waals surface area contributed by atoms with E-state index in [0.29, 0.717) is 0 Å². The number of nitrogens with zero attached hydrogens (tertiary/aromatic N) is 1. The number of hydrogen-bond acceptors (Lipinski definition) is 5. The normalized spacial score (nSPS) is 12.9. The first kappa shape index (κ1) is 12.7. The summed E-state index contributed by atoms with van der Waals surface area (Å²) in [7, 11) is 0. The molecule has 0 bridgehead atoms. The highest BCUT2D eigenvalue weighted by Crippen LogP contribution is 2.28. The van der Waals surface area contributed by atoms with Gasteiger partial charge in [0.2, 0.25) is 0 Å². The molecular formula is C12H17N3S2. The maximum Gasteiger partial charge on any atom is 0.0900 e. The van der Waals surface area contributed by atoms with Crippen LogP contribution in [0.1, 0.15) is 32.9 Å². The van der Waals surface area contributed by atoms with Crippen molar-refractivity contribution >= 4 is 22.7 Å². The van der Waals surface area contributed by atoms with Crippen molar-refractivity contribution in [3.05, 3.63) is 38.0 Å². The van der Waals surface area contributed by atoms with Crippen LogP contribution in [0, 0.1) is 13.8 Å². The van der Waals surface area contributed by atoms with Crippen LogP contribution in [0.25, 0.3) is 0 Å². The van der Waals surface area contributed by atoms with Crippen molar-refractivity contribution in [3.8, 4) is 0 Å². The number of rotatable bonds is 5. The summed E-state index contributed by atoms with van der Waals surface area (Å²) in [6.45, 7) is 4.09. The number of aromatic nitrogens is 1. The fourth-order valence-corrected chi connectivity index (χ4v) is 3.65. The molecule has 0 aliphatic carbocycles. The number of hydrogen-bond donors (Lipinski definition) is 2. The van der Waals surface area contributed by atoms with Crippen molar-refractivity contribution in [1.82, 2.24) is 10.4 Å². The Hall–Kier alpha value is -0.750. The monoisotopic (exact) mass is 267 g/mol. The lowest BCUT2D eigenvalue weighted by molar-refractivity contribution is 0.523. The SMILES string of the molecule is Cc1nc(C)c(C(CCc2cccs2)NN)s1. The summed E-state index contributed by atoms with van der Waals surface area (Å²) >= 11 is 3.53. The Morgan fingerprint density at radius 2 is 2.29 bits per heavy atom. The van der Waals surface area contributed by atoms with Crippen LogP contribution in [-0.4, -0.2) is 4.98 Å². The maximum absolute atomic E-state index is 5.65. The Kier molecular flexibility index (Phi) is 4.28. The predicted octanol–water partition coefficient (Wildman–Crippen LogP) is 2.96. The van der Waals surface area contributed by atoms with Gasteiger partial charge in [-0.15, -0.1) is 22.7 Å². The van der Waals surface area contributed by atoms with Gasteiger partial charge in [-0.1, -0.05) is 6.07 Å². The van der Waals surface area contributed by atoms with E-state index in [0.717, 1.165) is 23.5 Å². The fraction of sp³-hybridized carbons (Fsp3) is 0.417. The topological polar surface area (TPSA) is 50.9 Å². The molecule has 0 aliphatic rings. The number of hydrazine groups is 1. The molecule has 1 unspecified atom stereocenters. The Morgan fingerprint density at radius 3 is 2.82 bits per heavy atom. The van der Waals surface area contributed by atoms with Gasteiger partial charge in [0.1, 0.15) is 0 Å². The Balaban J connectivity index is 2.04. The predicted molar refractivity (Wildman–Crippen MR) is 74.3 cm³/mol. The van der Waals surface area contributed by atoms with Crippen LogP contribution >= 0.6 is 22.7 Å². The third-order valence-corrected chi connectivity index (χ3v) is 4.84. The number of aryl methyl sites for hydroxylation is 3. The van der Waals surface area contributed by atoms with Crippen LogP contribution in [0.4, 0.5) is 0 Å². The van der Waals surface area contributed by atoms with Crippen LogP contribution < -0.4 is 11.3 Å². The van der Waals surface area contributed by atoms with Crippen LogP contribution in [-0.2, 0) is 6.42 Å². The molecule has 0 aliphatic heterocycles. The Labute approximate surface area is 110 Å². The van der Waals surface area contributed by atoms with Gasteiger partial charge in [0.05, 0.1) is 16.7 Å². The molecule has 0 spiro atoms. The van der Waals surface area contributed by atoms with E-state index in [1.54, 1.807) is 22.7 Å². The zero-order chi connectivity index (χ0) is 12.3. The van der Waals surface area contributed by atoms with Gasteiger partial charge in [-0.3, -0.25) is 11.3 Å². The first-order chi connectivity index (χ1) is 8.20. The van der Waals surface area contributed by atoms with E-state index in [1.165, 1.54) is 9.75 Å². The van der Waals surface area contributed by atoms with E-state index in [4.69, 9.17) is 5.84 Å². The minimum absolute atomic E-state index is 0.211. The fourth-order valence-electron chi connectivity index (χ4n) is 1.90. The molecule has 92 valence electrons. The smallest absolute Gasteiger partial charge is 0.0900 e. The van der Waals surface area contributed by atoms with Crippen LogP contribution in [0.15, 0.2) is 17.5 Å². The van der Waals surface area contributed by atoms with Gasteiger partial charge >= 0.3 is 0 Å². The van der Waals surface area contributed by atoms with Crippen molar-refractivity contribution in [3.63, 3.8) is 0 Å². The number of nitrogens with one attached hydrogen (secondary N) is 1. The largest absolute Gasteiger partial charge is 0.271 e. The molecular weight excluding hydrogens is 250 g/mol. The summed E-state index contributed by atoms with van der Waals surface area (Å²) in [6, 6.07) is 4.47. The second-order valence-electron chi connectivity index (χ2n) is 4.02. The zero-order valence-corrected chi connectivity index (χ0v) is 11.7. The lowest BCUT2D eigenvalue weighted by Gasteiger charge is -2.14. The van der Waals surface area contributed by atoms with Gasteiger partial charge in [0, 0.05) is 9.75 Å². The van der Waals surface area contributed by atoms with Crippen molar-refractivity contribution < 1.29 is 0 Å². The molecule has 0 amide bonds. The van der Waals surface area contributed by atoms with Gasteiger partial charge in [-0.2, -0.15) is 0 Å². The molecule has 2 aromatic rings. The van der Waals surface area contributed by atoms with Crippen LogP contribution in [0.5, 0.6) is 0 Å². The molecule has 0 saturated heterocycles. The molecule has 0 fully saturated rings. The quantitative estimate of drug-likeness (QED) is 0.647. The molecule has 1 atom stereocenters. The van der Waals surface area contributed by atoms with Gasteiger partial charge in [0.15, 0.2) is 0 Å². The molecule has 2 rings (SSSR count). The minimum atomic E-state index is 0.211. The second kappa shape index (κ2) is 5.73. The molecule has 3 N–H and O–H groups in total. The molecule has 0 radical (unpaired) electrons. The standard InChI is InChI=1S/C12H17N3S2/c1-8-12(17-9(2)14-8)11(15-13)6-5-10-4-3-7-16-10/h3-4,7,11,15H,5-6,13H2,1-2H3. The van der Waals surface area contributed by atoms with Gasteiger partial charge in [0.25, 0.3) is 0 Å². The van der Waals surface area contributed by atoms with E-state index < -0.39 is 0 Å². The first-order valence-electron chi connectivity index (χ1n) is 5.63. The molecule has 5 heteroatoms. The Bertz CT molecular complexity index is 462. The number of thiophene rings is 1. The van der Waals surface area contributed by atoms with E-state index in [1.807, 2.05) is 13.8 Å². The summed E-state index contributed by atoms with van der Waals surface area (Å²) < 4.78 is 0.